The van der Waals surface area contributed by atoms with E-state index in [1.807, 2.05) is 12.1 Å². The van der Waals surface area contributed by atoms with Crippen LogP contribution in [0, 0.1) is 11.7 Å². The monoisotopic (exact) mass is 448 g/mol. The fourth-order valence-corrected chi connectivity index (χ4v) is 4.72. The molecule has 5 rings (SSSR count). The molecule has 3 unspecified atom stereocenters. The van der Waals surface area contributed by atoms with Gasteiger partial charge in [-0.3, -0.25) is 9.69 Å². The molecule has 1 aliphatic heterocycles. The SMILES string of the molecule is CCc1ccc(-c2noc(C3CCC4C(=O)N(Cc5ccc(F)cc5)C(=O)NC4C3)n2)cc1. The molecule has 3 atom stereocenters. The second kappa shape index (κ2) is 8.77. The Hall–Kier alpha value is -3.55. The molecule has 170 valence electrons. The summed E-state index contributed by atoms with van der Waals surface area (Å²) in [5, 5.41) is 7.12. The van der Waals surface area contributed by atoms with Crippen LogP contribution in [-0.4, -0.2) is 33.0 Å². The summed E-state index contributed by atoms with van der Waals surface area (Å²) in [5.41, 5.74) is 2.85. The number of rotatable bonds is 5. The average molecular weight is 448 g/mol. The van der Waals surface area contributed by atoms with Gasteiger partial charge in [0, 0.05) is 17.5 Å². The van der Waals surface area contributed by atoms with Crippen molar-refractivity contribution >= 4 is 11.9 Å². The van der Waals surface area contributed by atoms with Gasteiger partial charge in [-0.1, -0.05) is 48.5 Å². The lowest BCUT2D eigenvalue weighted by Gasteiger charge is -2.41. The Balaban J connectivity index is 1.26. The minimum absolute atomic E-state index is 0.0147. The van der Waals surface area contributed by atoms with Crippen LogP contribution in [0.3, 0.4) is 0 Å². The van der Waals surface area contributed by atoms with Crippen LogP contribution >= 0.6 is 0 Å². The molecule has 0 spiro atoms. The highest BCUT2D eigenvalue weighted by Crippen LogP contribution is 2.38. The van der Waals surface area contributed by atoms with E-state index >= 15 is 0 Å². The van der Waals surface area contributed by atoms with E-state index in [1.54, 1.807) is 12.1 Å². The Labute approximate surface area is 191 Å². The van der Waals surface area contributed by atoms with Crippen molar-refractivity contribution in [3.63, 3.8) is 0 Å². The van der Waals surface area contributed by atoms with Crippen LogP contribution in [0.2, 0.25) is 0 Å². The first-order valence-electron chi connectivity index (χ1n) is 11.3. The smallest absolute Gasteiger partial charge is 0.324 e. The van der Waals surface area contributed by atoms with E-state index in [0.717, 1.165) is 18.4 Å². The predicted octanol–water partition coefficient (Wildman–Crippen LogP) is 4.44. The van der Waals surface area contributed by atoms with E-state index < -0.39 is 6.03 Å². The number of fused-ring (bicyclic) bond motifs is 1. The van der Waals surface area contributed by atoms with Gasteiger partial charge in [0.25, 0.3) is 0 Å². The van der Waals surface area contributed by atoms with Crippen LogP contribution in [0.5, 0.6) is 0 Å². The lowest BCUT2D eigenvalue weighted by molar-refractivity contribution is -0.137. The second-order valence-corrected chi connectivity index (χ2v) is 8.73. The number of nitrogens with one attached hydrogen (secondary N) is 1. The zero-order valence-electron chi connectivity index (χ0n) is 18.3. The molecule has 2 aromatic carbocycles. The van der Waals surface area contributed by atoms with Crippen molar-refractivity contribution in [2.45, 2.75) is 51.1 Å². The number of benzene rings is 2. The molecule has 2 aliphatic rings. The van der Waals surface area contributed by atoms with Gasteiger partial charge >= 0.3 is 6.03 Å². The molecule has 8 heteroatoms. The molecular weight excluding hydrogens is 423 g/mol. The average Bonchev–Trinajstić information content (AvgIpc) is 3.33. The molecule has 0 bridgehead atoms. The minimum atomic E-state index is -0.423. The van der Waals surface area contributed by atoms with Gasteiger partial charge in [-0.15, -0.1) is 0 Å². The summed E-state index contributed by atoms with van der Waals surface area (Å²) in [5.74, 6) is 0.243. The normalized spacial score (nSPS) is 22.7. The lowest BCUT2D eigenvalue weighted by Crippen LogP contribution is -2.60. The molecule has 3 amide bonds. The molecule has 1 aromatic heterocycles. The maximum atomic E-state index is 13.2. The largest absolute Gasteiger partial charge is 0.339 e. The van der Waals surface area contributed by atoms with Crippen LogP contribution < -0.4 is 5.32 Å². The third-order valence-corrected chi connectivity index (χ3v) is 6.65. The maximum Gasteiger partial charge on any atom is 0.324 e. The molecule has 1 saturated carbocycles. The number of urea groups is 1. The summed E-state index contributed by atoms with van der Waals surface area (Å²) in [4.78, 5) is 31.6. The third-order valence-electron chi connectivity index (χ3n) is 6.65. The van der Waals surface area contributed by atoms with Gasteiger partial charge in [0.05, 0.1) is 12.5 Å². The number of imide groups is 1. The first kappa shape index (κ1) is 21.3. The summed E-state index contributed by atoms with van der Waals surface area (Å²) in [6.07, 6.45) is 2.89. The zero-order chi connectivity index (χ0) is 22.9. The molecule has 33 heavy (non-hydrogen) atoms. The molecular formula is C25H25FN4O3. The van der Waals surface area contributed by atoms with Gasteiger partial charge in [-0.25, -0.2) is 9.18 Å². The van der Waals surface area contributed by atoms with Crippen LogP contribution in [0.1, 0.15) is 49.1 Å². The highest BCUT2D eigenvalue weighted by Gasteiger charge is 2.45. The van der Waals surface area contributed by atoms with Crippen molar-refractivity contribution in [1.29, 1.82) is 0 Å². The molecule has 3 aromatic rings. The summed E-state index contributed by atoms with van der Waals surface area (Å²) in [6, 6.07) is 13.2. The Morgan fingerprint density at radius 3 is 2.52 bits per heavy atom. The van der Waals surface area contributed by atoms with Gasteiger partial charge < -0.3 is 9.84 Å². The molecule has 7 nitrogen and oxygen atoms in total. The predicted molar refractivity (Wildman–Crippen MR) is 118 cm³/mol. The zero-order valence-corrected chi connectivity index (χ0v) is 18.3. The number of carbonyl (C=O) groups is 2. The Bertz CT molecular complexity index is 1160. The number of hydrogen-bond donors (Lipinski definition) is 1. The van der Waals surface area contributed by atoms with Crippen molar-refractivity contribution in [3.05, 3.63) is 71.4 Å². The highest BCUT2D eigenvalue weighted by molar-refractivity contribution is 5.98. The molecule has 1 saturated heterocycles. The quantitative estimate of drug-likeness (QED) is 0.623. The van der Waals surface area contributed by atoms with Crippen LogP contribution in [-0.2, 0) is 17.8 Å². The number of aryl methyl sites for hydroxylation is 1. The number of nitrogens with zero attached hydrogens (tertiary/aromatic N) is 3. The summed E-state index contributed by atoms with van der Waals surface area (Å²) in [6.45, 7) is 2.23. The molecule has 1 N–H and O–H groups in total. The third kappa shape index (κ3) is 4.25. The maximum absolute atomic E-state index is 13.2. The fraction of sp³-hybridized carbons (Fsp3) is 0.360. The number of hydrogen-bond acceptors (Lipinski definition) is 5. The molecule has 1 aliphatic carbocycles. The number of halogens is 1. The van der Waals surface area contributed by atoms with Crippen molar-refractivity contribution in [3.8, 4) is 11.4 Å². The standard InChI is InChI=1S/C25H25FN4O3/c1-2-15-3-7-17(8-4-15)22-28-23(33-29-22)18-9-12-20-21(13-18)27-25(32)30(24(20)31)14-16-5-10-19(26)11-6-16/h3-8,10-11,18,20-21H,2,9,12-14H2,1H3,(H,27,32). The van der Waals surface area contributed by atoms with Crippen molar-refractivity contribution in [2.75, 3.05) is 0 Å². The summed E-state index contributed by atoms with van der Waals surface area (Å²) < 4.78 is 18.7. The van der Waals surface area contributed by atoms with Gasteiger partial charge in [0.2, 0.25) is 17.6 Å². The van der Waals surface area contributed by atoms with Gasteiger partial charge in [-0.05, 0) is 48.9 Å². The van der Waals surface area contributed by atoms with Crippen LogP contribution in [0.4, 0.5) is 9.18 Å². The molecule has 0 radical (unpaired) electrons. The number of aromatic nitrogens is 2. The van der Waals surface area contributed by atoms with E-state index in [-0.39, 0.29) is 36.1 Å². The summed E-state index contributed by atoms with van der Waals surface area (Å²) >= 11 is 0. The van der Waals surface area contributed by atoms with E-state index in [0.29, 0.717) is 30.1 Å². The Morgan fingerprint density at radius 2 is 1.79 bits per heavy atom. The Kier molecular flexibility index (Phi) is 5.66. The van der Waals surface area contributed by atoms with E-state index in [1.165, 1.54) is 22.6 Å². The van der Waals surface area contributed by atoms with E-state index in [9.17, 15) is 14.0 Å². The highest BCUT2D eigenvalue weighted by atomic mass is 19.1. The number of amides is 3. The van der Waals surface area contributed by atoms with Crippen molar-refractivity contribution in [2.24, 2.45) is 5.92 Å². The van der Waals surface area contributed by atoms with Crippen molar-refractivity contribution < 1.29 is 18.5 Å². The number of carbonyl (C=O) groups excluding carboxylic acids is 2. The van der Waals surface area contributed by atoms with Crippen LogP contribution in [0.25, 0.3) is 11.4 Å². The first-order valence-corrected chi connectivity index (χ1v) is 11.3. The van der Waals surface area contributed by atoms with Gasteiger partial charge in [0.15, 0.2) is 0 Å². The summed E-state index contributed by atoms with van der Waals surface area (Å²) in [7, 11) is 0. The van der Waals surface area contributed by atoms with Gasteiger partial charge in [0.1, 0.15) is 5.82 Å². The minimum Gasteiger partial charge on any atom is -0.339 e. The Morgan fingerprint density at radius 1 is 1.06 bits per heavy atom. The first-order chi connectivity index (χ1) is 16.0. The van der Waals surface area contributed by atoms with E-state index in [2.05, 4.69) is 34.5 Å². The second-order valence-electron chi connectivity index (χ2n) is 8.73. The van der Waals surface area contributed by atoms with Gasteiger partial charge in [-0.2, -0.15) is 4.98 Å². The van der Waals surface area contributed by atoms with Crippen LogP contribution in [0.15, 0.2) is 53.1 Å². The van der Waals surface area contributed by atoms with Crippen molar-refractivity contribution in [1.82, 2.24) is 20.4 Å². The van der Waals surface area contributed by atoms with E-state index in [4.69, 9.17) is 4.52 Å². The fourth-order valence-electron chi connectivity index (χ4n) is 4.72. The lowest BCUT2D eigenvalue weighted by atomic mass is 9.76. The topological polar surface area (TPSA) is 88.3 Å². The molecule has 2 fully saturated rings. The molecule has 2 heterocycles.